The van der Waals surface area contributed by atoms with Gasteiger partial charge in [0.05, 0.1) is 0 Å². The zero-order valence-corrected chi connectivity index (χ0v) is 11.4. The highest BCUT2D eigenvalue weighted by Gasteiger charge is 2.28. The normalized spacial score (nSPS) is 26.2. The third-order valence-corrected chi connectivity index (χ3v) is 4.77. The molecule has 90 valence electrons. The number of rotatable bonds is 3. The molecule has 0 bridgehead atoms. The minimum atomic E-state index is 0.809. The van der Waals surface area contributed by atoms with Crippen molar-refractivity contribution < 1.29 is 0 Å². The molecule has 0 amide bonds. The molecule has 0 spiro atoms. The van der Waals surface area contributed by atoms with Crippen molar-refractivity contribution in [2.24, 2.45) is 11.8 Å². The summed E-state index contributed by atoms with van der Waals surface area (Å²) in [5.74, 6) is 2.46. The Bertz CT molecular complexity index is 329. The molecule has 2 rings (SSSR count). The number of hydrogen-bond acceptors (Lipinski definition) is 2. The topological polar surface area (TPSA) is 12.0 Å². The molecule has 1 aliphatic heterocycles. The standard InChI is InChI=1S/C14H23NS/c1-10(2)8-12-9-15-6-4-13(12)14-11(3)5-7-16-14/h5,7,10,12-13,15H,4,6,8-9H2,1-3H3. The number of aryl methyl sites for hydroxylation is 1. The average Bonchev–Trinajstić information content (AvgIpc) is 2.64. The van der Waals surface area contributed by atoms with Gasteiger partial charge in [-0.05, 0) is 67.6 Å². The van der Waals surface area contributed by atoms with Crippen molar-refractivity contribution in [3.05, 3.63) is 21.9 Å². The Morgan fingerprint density at radius 2 is 2.31 bits per heavy atom. The van der Waals surface area contributed by atoms with Gasteiger partial charge in [-0.1, -0.05) is 13.8 Å². The molecule has 0 radical (unpaired) electrons. The van der Waals surface area contributed by atoms with Gasteiger partial charge in [0.15, 0.2) is 0 Å². The van der Waals surface area contributed by atoms with E-state index in [4.69, 9.17) is 0 Å². The second-order valence-electron chi connectivity index (χ2n) is 5.46. The Balaban J connectivity index is 2.13. The number of hydrogen-bond donors (Lipinski definition) is 1. The van der Waals surface area contributed by atoms with E-state index < -0.39 is 0 Å². The van der Waals surface area contributed by atoms with Gasteiger partial charge in [0, 0.05) is 4.88 Å². The van der Waals surface area contributed by atoms with Crippen molar-refractivity contribution in [3.63, 3.8) is 0 Å². The first-order chi connectivity index (χ1) is 7.68. The number of nitrogens with one attached hydrogen (secondary N) is 1. The molecule has 2 unspecified atom stereocenters. The molecular weight excluding hydrogens is 214 g/mol. The lowest BCUT2D eigenvalue weighted by molar-refractivity contribution is 0.282. The van der Waals surface area contributed by atoms with Gasteiger partial charge in [-0.25, -0.2) is 0 Å². The molecule has 1 aromatic rings. The van der Waals surface area contributed by atoms with Crippen LogP contribution in [0.1, 0.15) is 43.0 Å². The molecule has 16 heavy (non-hydrogen) atoms. The van der Waals surface area contributed by atoms with E-state index in [-0.39, 0.29) is 0 Å². The fourth-order valence-corrected chi connectivity index (χ4v) is 4.04. The van der Waals surface area contributed by atoms with Gasteiger partial charge in [0.25, 0.3) is 0 Å². The molecule has 0 saturated carbocycles. The maximum atomic E-state index is 3.56. The second kappa shape index (κ2) is 5.33. The summed E-state index contributed by atoms with van der Waals surface area (Å²) in [5, 5.41) is 5.81. The summed E-state index contributed by atoms with van der Waals surface area (Å²) in [6, 6.07) is 2.27. The zero-order valence-electron chi connectivity index (χ0n) is 10.6. The molecule has 0 aliphatic carbocycles. The monoisotopic (exact) mass is 237 g/mol. The summed E-state index contributed by atoms with van der Waals surface area (Å²) < 4.78 is 0. The number of thiophene rings is 1. The fraction of sp³-hybridized carbons (Fsp3) is 0.714. The maximum Gasteiger partial charge on any atom is 0.0109 e. The molecule has 0 aromatic carbocycles. The van der Waals surface area contributed by atoms with Crippen LogP contribution in [0.2, 0.25) is 0 Å². The van der Waals surface area contributed by atoms with Crippen molar-refractivity contribution in [3.8, 4) is 0 Å². The predicted molar refractivity (Wildman–Crippen MR) is 72.2 cm³/mol. The molecule has 1 N–H and O–H groups in total. The Morgan fingerprint density at radius 1 is 1.50 bits per heavy atom. The van der Waals surface area contributed by atoms with Gasteiger partial charge in [0.2, 0.25) is 0 Å². The van der Waals surface area contributed by atoms with Crippen molar-refractivity contribution >= 4 is 11.3 Å². The molecule has 1 aliphatic rings. The van der Waals surface area contributed by atoms with E-state index in [0.29, 0.717) is 0 Å². The average molecular weight is 237 g/mol. The van der Waals surface area contributed by atoms with Crippen LogP contribution in [0.4, 0.5) is 0 Å². The minimum Gasteiger partial charge on any atom is -0.316 e. The predicted octanol–water partition coefficient (Wildman–Crippen LogP) is 3.80. The van der Waals surface area contributed by atoms with Gasteiger partial charge in [0.1, 0.15) is 0 Å². The maximum absolute atomic E-state index is 3.56. The van der Waals surface area contributed by atoms with Gasteiger partial charge < -0.3 is 5.32 Å². The summed E-state index contributed by atoms with van der Waals surface area (Å²) >= 11 is 1.96. The summed E-state index contributed by atoms with van der Waals surface area (Å²) in [7, 11) is 0. The fourth-order valence-electron chi connectivity index (χ4n) is 2.89. The molecule has 2 atom stereocenters. The van der Waals surface area contributed by atoms with Crippen molar-refractivity contribution in [2.75, 3.05) is 13.1 Å². The van der Waals surface area contributed by atoms with Crippen LogP contribution in [-0.4, -0.2) is 13.1 Å². The summed E-state index contributed by atoms with van der Waals surface area (Å²) in [4.78, 5) is 1.65. The summed E-state index contributed by atoms with van der Waals surface area (Å²) in [5.41, 5.74) is 1.51. The highest BCUT2D eigenvalue weighted by molar-refractivity contribution is 7.10. The lowest BCUT2D eigenvalue weighted by Gasteiger charge is -2.33. The van der Waals surface area contributed by atoms with Crippen LogP contribution in [0.15, 0.2) is 11.4 Å². The van der Waals surface area contributed by atoms with E-state index in [2.05, 4.69) is 37.5 Å². The first kappa shape index (κ1) is 12.1. The van der Waals surface area contributed by atoms with Gasteiger partial charge in [-0.3, -0.25) is 0 Å². The van der Waals surface area contributed by atoms with Gasteiger partial charge >= 0.3 is 0 Å². The highest BCUT2D eigenvalue weighted by atomic mass is 32.1. The molecule has 2 heteroatoms. The van der Waals surface area contributed by atoms with Crippen LogP contribution in [0.25, 0.3) is 0 Å². The van der Waals surface area contributed by atoms with Gasteiger partial charge in [-0.2, -0.15) is 0 Å². The van der Waals surface area contributed by atoms with E-state index >= 15 is 0 Å². The van der Waals surface area contributed by atoms with E-state index in [1.54, 1.807) is 4.88 Å². The third-order valence-electron chi connectivity index (χ3n) is 3.62. The van der Waals surface area contributed by atoms with Crippen molar-refractivity contribution in [1.29, 1.82) is 0 Å². The Kier molecular flexibility index (Phi) is 4.04. The second-order valence-corrected chi connectivity index (χ2v) is 6.40. The smallest absolute Gasteiger partial charge is 0.0109 e. The molecule has 1 aromatic heterocycles. The first-order valence-electron chi connectivity index (χ1n) is 6.43. The number of piperidine rings is 1. The van der Waals surface area contributed by atoms with Crippen molar-refractivity contribution in [2.45, 2.75) is 39.5 Å². The molecule has 1 nitrogen and oxygen atoms in total. The van der Waals surface area contributed by atoms with Crippen LogP contribution >= 0.6 is 11.3 Å². The van der Waals surface area contributed by atoms with Crippen LogP contribution < -0.4 is 5.32 Å². The van der Waals surface area contributed by atoms with Crippen LogP contribution in [0, 0.1) is 18.8 Å². The molecule has 1 fully saturated rings. The van der Waals surface area contributed by atoms with Crippen LogP contribution in [-0.2, 0) is 0 Å². The third kappa shape index (κ3) is 2.67. The SMILES string of the molecule is Cc1ccsc1C1CCNCC1CC(C)C. The van der Waals surface area contributed by atoms with Gasteiger partial charge in [-0.15, -0.1) is 11.3 Å². The molecular formula is C14H23NS. The van der Waals surface area contributed by atoms with Crippen LogP contribution in [0.5, 0.6) is 0 Å². The Hall–Kier alpha value is -0.340. The molecule has 2 heterocycles. The summed E-state index contributed by atoms with van der Waals surface area (Å²) in [6.07, 6.45) is 2.67. The van der Waals surface area contributed by atoms with E-state index in [1.165, 1.54) is 31.5 Å². The van der Waals surface area contributed by atoms with E-state index in [1.807, 2.05) is 11.3 Å². The van der Waals surface area contributed by atoms with Crippen molar-refractivity contribution in [1.82, 2.24) is 5.32 Å². The zero-order chi connectivity index (χ0) is 11.5. The Morgan fingerprint density at radius 3 is 2.94 bits per heavy atom. The quantitative estimate of drug-likeness (QED) is 0.843. The van der Waals surface area contributed by atoms with E-state index in [0.717, 1.165) is 17.8 Å². The Labute approximate surface area is 103 Å². The lowest BCUT2D eigenvalue weighted by Crippen LogP contribution is -2.36. The summed E-state index contributed by atoms with van der Waals surface area (Å²) in [6.45, 7) is 9.34. The molecule has 1 saturated heterocycles. The first-order valence-corrected chi connectivity index (χ1v) is 7.31. The van der Waals surface area contributed by atoms with Crippen LogP contribution in [0.3, 0.4) is 0 Å². The highest BCUT2D eigenvalue weighted by Crippen LogP contribution is 2.38. The largest absolute Gasteiger partial charge is 0.316 e. The van der Waals surface area contributed by atoms with E-state index in [9.17, 15) is 0 Å². The lowest BCUT2D eigenvalue weighted by atomic mass is 9.79. The minimum absolute atomic E-state index is 0.809.